The van der Waals surface area contributed by atoms with Crippen molar-refractivity contribution in [2.45, 2.75) is 38.1 Å². The minimum Gasteiger partial charge on any atom is -0.480 e. The fourth-order valence-corrected chi connectivity index (χ4v) is 3.35. The molecule has 1 fully saturated rings. The van der Waals surface area contributed by atoms with E-state index in [1.807, 2.05) is 12.1 Å². The van der Waals surface area contributed by atoms with Gasteiger partial charge in [-0.25, -0.2) is 4.79 Å². The van der Waals surface area contributed by atoms with Gasteiger partial charge in [0.25, 0.3) is 5.91 Å². The number of carboxylic acid groups (broad SMARTS) is 1. The van der Waals surface area contributed by atoms with E-state index in [9.17, 15) is 14.7 Å². The molecule has 5 heteroatoms. The van der Waals surface area contributed by atoms with Gasteiger partial charge in [0, 0.05) is 18.1 Å². The van der Waals surface area contributed by atoms with Crippen LogP contribution in [-0.4, -0.2) is 36.2 Å². The van der Waals surface area contributed by atoms with Gasteiger partial charge < -0.3 is 15.2 Å². The van der Waals surface area contributed by atoms with Crippen LogP contribution in [0.25, 0.3) is 0 Å². The third-order valence-corrected chi connectivity index (χ3v) is 4.58. The third-order valence-electron chi connectivity index (χ3n) is 4.58. The Kier molecular flexibility index (Phi) is 4.43. The zero-order valence-electron chi connectivity index (χ0n) is 12.5. The van der Waals surface area contributed by atoms with Crippen molar-refractivity contribution < 1.29 is 19.4 Å². The number of amides is 1. The van der Waals surface area contributed by atoms with Crippen LogP contribution in [0.1, 0.15) is 40.7 Å². The maximum absolute atomic E-state index is 12.4. The minimum atomic E-state index is -0.995. The van der Waals surface area contributed by atoms with E-state index in [4.69, 9.17) is 4.74 Å². The Morgan fingerprint density at radius 1 is 1.23 bits per heavy atom. The molecule has 2 unspecified atom stereocenters. The molecule has 1 heterocycles. The van der Waals surface area contributed by atoms with E-state index in [0.29, 0.717) is 18.8 Å². The lowest BCUT2D eigenvalue weighted by molar-refractivity contribution is -0.142. The molecule has 5 nitrogen and oxygen atoms in total. The monoisotopic (exact) mass is 303 g/mol. The first-order chi connectivity index (χ1) is 10.6. The quantitative estimate of drug-likeness (QED) is 0.889. The molecule has 1 aliphatic carbocycles. The van der Waals surface area contributed by atoms with E-state index in [2.05, 4.69) is 5.32 Å². The Morgan fingerprint density at radius 2 is 2.05 bits per heavy atom. The highest BCUT2D eigenvalue weighted by Gasteiger charge is 2.31. The maximum atomic E-state index is 12.4. The first-order valence-corrected chi connectivity index (χ1v) is 7.88. The molecule has 22 heavy (non-hydrogen) atoms. The molecule has 1 saturated heterocycles. The number of carboxylic acids is 1. The van der Waals surface area contributed by atoms with Crippen LogP contribution >= 0.6 is 0 Å². The average Bonchev–Trinajstić information content (AvgIpc) is 3.00. The molecule has 2 N–H and O–H groups in total. The number of carbonyl (C=O) groups excluding carboxylic acids is 1. The van der Waals surface area contributed by atoms with Crippen molar-refractivity contribution in [1.82, 2.24) is 5.32 Å². The van der Waals surface area contributed by atoms with Crippen molar-refractivity contribution in [3.63, 3.8) is 0 Å². The molecule has 2 atom stereocenters. The summed E-state index contributed by atoms with van der Waals surface area (Å²) in [4.78, 5) is 23.9. The number of benzene rings is 1. The summed E-state index contributed by atoms with van der Waals surface area (Å²) < 4.78 is 5.35. The van der Waals surface area contributed by atoms with Crippen molar-refractivity contribution in [2.75, 3.05) is 13.2 Å². The summed E-state index contributed by atoms with van der Waals surface area (Å²) in [5.74, 6) is -1.47. The molecule has 0 aromatic heterocycles. The highest BCUT2D eigenvalue weighted by molar-refractivity contribution is 5.97. The molecule has 0 radical (unpaired) electrons. The van der Waals surface area contributed by atoms with E-state index in [1.54, 1.807) is 6.07 Å². The Balaban J connectivity index is 1.72. The predicted octanol–water partition coefficient (Wildman–Crippen LogP) is 1.78. The first-order valence-electron chi connectivity index (χ1n) is 7.88. The van der Waals surface area contributed by atoms with Crippen LogP contribution in [0.2, 0.25) is 0 Å². The number of rotatable bonds is 4. The topological polar surface area (TPSA) is 75.6 Å². The van der Waals surface area contributed by atoms with Crippen LogP contribution in [0.4, 0.5) is 0 Å². The fraction of sp³-hybridized carbons (Fsp3) is 0.529. The summed E-state index contributed by atoms with van der Waals surface area (Å²) in [5, 5.41) is 12.1. The fourth-order valence-electron chi connectivity index (χ4n) is 3.35. The number of hydrogen-bond acceptors (Lipinski definition) is 3. The van der Waals surface area contributed by atoms with Gasteiger partial charge in [0.2, 0.25) is 0 Å². The predicted molar refractivity (Wildman–Crippen MR) is 80.9 cm³/mol. The molecule has 1 aromatic carbocycles. The number of hydrogen-bond donors (Lipinski definition) is 2. The number of aliphatic carboxylic acids is 1. The van der Waals surface area contributed by atoms with E-state index < -0.39 is 12.0 Å². The van der Waals surface area contributed by atoms with Crippen LogP contribution < -0.4 is 5.32 Å². The van der Waals surface area contributed by atoms with Gasteiger partial charge in [-0.1, -0.05) is 6.07 Å². The highest BCUT2D eigenvalue weighted by Crippen LogP contribution is 2.23. The van der Waals surface area contributed by atoms with Crippen LogP contribution in [-0.2, 0) is 22.4 Å². The first kappa shape index (κ1) is 15.0. The molecule has 0 saturated carbocycles. The van der Waals surface area contributed by atoms with Crippen molar-refractivity contribution in [1.29, 1.82) is 0 Å². The van der Waals surface area contributed by atoms with E-state index >= 15 is 0 Å². The van der Waals surface area contributed by atoms with Gasteiger partial charge in [-0.3, -0.25) is 4.79 Å². The van der Waals surface area contributed by atoms with Crippen LogP contribution in [0.5, 0.6) is 0 Å². The molecular weight excluding hydrogens is 282 g/mol. The highest BCUT2D eigenvalue weighted by atomic mass is 16.5. The van der Waals surface area contributed by atoms with Gasteiger partial charge >= 0.3 is 5.97 Å². The standard InChI is InChI=1S/C17H21NO4/c19-16(13-7-6-11-3-1-4-12(11)9-13)18-15(17(20)21)14-5-2-8-22-10-14/h6-7,9,14-15H,1-5,8,10H2,(H,18,19)(H,20,21). The Hall–Kier alpha value is -1.88. The largest absolute Gasteiger partial charge is 0.480 e. The lowest BCUT2D eigenvalue weighted by Crippen LogP contribution is -2.48. The van der Waals surface area contributed by atoms with Crippen molar-refractivity contribution in [3.8, 4) is 0 Å². The van der Waals surface area contributed by atoms with Crippen molar-refractivity contribution in [3.05, 3.63) is 34.9 Å². The normalized spacial score (nSPS) is 21.9. The number of carbonyl (C=O) groups is 2. The summed E-state index contributed by atoms with van der Waals surface area (Å²) in [6.45, 7) is 1.06. The van der Waals surface area contributed by atoms with Crippen LogP contribution in [0, 0.1) is 5.92 Å². The lowest BCUT2D eigenvalue weighted by Gasteiger charge is -2.28. The molecule has 1 aromatic rings. The SMILES string of the molecule is O=C(NC(C(=O)O)C1CCCOC1)c1ccc2c(c1)CCC2. The zero-order chi connectivity index (χ0) is 15.5. The molecule has 118 valence electrons. The molecule has 1 amide bonds. The number of fused-ring (bicyclic) bond motifs is 1. The summed E-state index contributed by atoms with van der Waals surface area (Å²) >= 11 is 0. The molecular formula is C17H21NO4. The molecule has 0 bridgehead atoms. The number of nitrogens with one attached hydrogen (secondary N) is 1. The van der Waals surface area contributed by atoms with E-state index in [1.165, 1.54) is 11.1 Å². The van der Waals surface area contributed by atoms with E-state index in [0.717, 1.165) is 32.1 Å². The van der Waals surface area contributed by atoms with Gasteiger partial charge in [-0.05, 0) is 55.4 Å². The van der Waals surface area contributed by atoms with Gasteiger partial charge in [0.05, 0.1) is 6.61 Å². The Labute approximate surface area is 129 Å². The van der Waals surface area contributed by atoms with Crippen molar-refractivity contribution in [2.24, 2.45) is 5.92 Å². The smallest absolute Gasteiger partial charge is 0.326 e. The Morgan fingerprint density at radius 3 is 2.77 bits per heavy atom. The van der Waals surface area contributed by atoms with Crippen molar-refractivity contribution >= 4 is 11.9 Å². The lowest BCUT2D eigenvalue weighted by atomic mass is 9.93. The van der Waals surface area contributed by atoms with Gasteiger partial charge in [-0.2, -0.15) is 0 Å². The average molecular weight is 303 g/mol. The number of ether oxygens (including phenoxy) is 1. The second-order valence-corrected chi connectivity index (χ2v) is 6.10. The second kappa shape index (κ2) is 6.48. The van der Waals surface area contributed by atoms with E-state index in [-0.39, 0.29) is 11.8 Å². The summed E-state index contributed by atoms with van der Waals surface area (Å²) in [6.07, 6.45) is 4.78. The summed E-state index contributed by atoms with van der Waals surface area (Å²) in [5.41, 5.74) is 3.05. The minimum absolute atomic E-state index is 0.162. The molecule has 0 spiro atoms. The van der Waals surface area contributed by atoms with Gasteiger partial charge in [0.15, 0.2) is 0 Å². The third kappa shape index (κ3) is 3.14. The van der Waals surface area contributed by atoms with Crippen LogP contribution in [0.15, 0.2) is 18.2 Å². The molecule has 2 aliphatic rings. The summed E-state index contributed by atoms with van der Waals surface area (Å²) in [6, 6.07) is 4.78. The van der Waals surface area contributed by atoms with Gasteiger partial charge in [0.1, 0.15) is 6.04 Å². The zero-order valence-corrected chi connectivity index (χ0v) is 12.5. The van der Waals surface area contributed by atoms with Gasteiger partial charge in [-0.15, -0.1) is 0 Å². The van der Waals surface area contributed by atoms with Crippen LogP contribution in [0.3, 0.4) is 0 Å². The molecule has 1 aliphatic heterocycles. The second-order valence-electron chi connectivity index (χ2n) is 6.10. The molecule has 3 rings (SSSR count). The Bertz CT molecular complexity index is 578. The maximum Gasteiger partial charge on any atom is 0.326 e. The summed E-state index contributed by atoms with van der Waals surface area (Å²) in [7, 11) is 0. The number of aryl methyl sites for hydroxylation is 2.